The van der Waals surface area contributed by atoms with Crippen LogP contribution in [0.3, 0.4) is 0 Å². The molecule has 0 aromatic heterocycles. The van der Waals surface area contributed by atoms with E-state index in [1.165, 1.54) is 0 Å². The summed E-state index contributed by atoms with van der Waals surface area (Å²) in [5.41, 5.74) is 0.499. The maximum Gasteiger partial charge on any atom is 0.332 e. The lowest BCUT2D eigenvalue weighted by Crippen LogP contribution is -2.17. The van der Waals surface area contributed by atoms with E-state index in [2.05, 4.69) is 10.2 Å². The van der Waals surface area contributed by atoms with Gasteiger partial charge in [0.15, 0.2) is 6.04 Å². The van der Waals surface area contributed by atoms with Gasteiger partial charge in [-0.15, -0.1) is 0 Å². The Morgan fingerprint density at radius 2 is 1.94 bits per heavy atom. The Bertz CT molecular complexity index is 415. The Kier molecular flexibility index (Phi) is 5.38. The summed E-state index contributed by atoms with van der Waals surface area (Å²) in [6.45, 7) is 3.66. The highest BCUT2D eigenvalue weighted by Crippen LogP contribution is 2.24. The first-order chi connectivity index (χ1) is 8.02. The van der Waals surface area contributed by atoms with E-state index in [1.54, 1.807) is 32.0 Å². The molecule has 92 valence electrons. The summed E-state index contributed by atoms with van der Waals surface area (Å²) in [4.78, 5) is 11.3. The van der Waals surface area contributed by atoms with Crippen LogP contribution in [0.2, 0.25) is 10.0 Å². The van der Waals surface area contributed by atoms with Gasteiger partial charge in [-0.3, -0.25) is 0 Å². The van der Waals surface area contributed by atoms with E-state index in [9.17, 15) is 4.79 Å². The third-order valence-electron chi connectivity index (χ3n) is 1.82. The topological polar surface area (TPSA) is 51.0 Å². The number of carbonyl (C=O) groups excluding carboxylic acids is 1. The minimum Gasteiger partial charge on any atom is -0.464 e. The molecule has 0 aliphatic carbocycles. The molecule has 0 heterocycles. The first-order valence-electron chi connectivity index (χ1n) is 5.06. The van der Waals surface area contributed by atoms with E-state index in [0.29, 0.717) is 22.3 Å². The van der Waals surface area contributed by atoms with Crippen molar-refractivity contribution in [3.63, 3.8) is 0 Å². The lowest BCUT2D eigenvalue weighted by molar-refractivity contribution is -0.144. The van der Waals surface area contributed by atoms with Gasteiger partial charge in [0.1, 0.15) is 0 Å². The molecule has 4 nitrogen and oxygen atoms in total. The van der Waals surface area contributed by atoms with Crippen LogP contribution in [0, 0.1) is 0 Å². The molecule has 1 aromatic carbocycles. The number of carbonyl (C=O) groups is 1. The third-order valence-corrected chi connectivity index (χ3v) is 2.26. The maximum absolute atomic E-state index is 11.3. The molecule has 0 aliphatic rings. The van der Waals surface area contributed by atoms with Crippen molar-refractivity contribution in [1.29, 1.82) is 0 Å². The first kappa shape index (κ1) is 13.9. The van der Waals surface area contributed by atoms with Crippen molar-refractivity contribution >= 4 is 34.9 Å². The van der Waals surface area contributed by atoms with Crippen LogP contribution in [0.5, 0.6) is 0 Å². The summed E-state index contributed by atoms with van der Waals surface area (Å²) in [5.74, 6) is -0.413. The van der Waals surface area contributed by atoms with Gasteiger partial charge in [0.2, 0.25) is 0 Å². The number of hydrogen-bond donors (Lipinski definition) is 0. The zero-order valence-corrected chi connectivity index (χ0v) is 11.0. The molecule has 1 unspecified atom stereocenters. The number of rotatable bonds is 4. The van der Waals surface area contributed by atoms with Crippen LogP contribution in [-0.2, 0) is 9.53 Å². The monoisotopic (exact) mass is 274 g/mol. The van der Waals surface area contributed by atoms with Gasteiger partial charge in [0.05, 0.1) is 12.3 Å². The zero-order chi connectivity index (χ0) is 12.8. The van der Waals surface area contributed by atoms with E-state index in [4.69, 9.17) is 27.9 Å². The molecule has 1 atom stereocenters. The average molecular weight is 275 g/mol. The quantitative estimate of drug-likeness (QED) is 0.615. The molecule has 0 spiro atoms. The van der Waals surface area contributed by atoms with E-state index >= 15 is 0 Å². The van der Waals surface area contributed by atoms with Gasteiger partial charge in [0.25, 0.3) is 0 Å². The van der Waals surface area contributed by atoms with Crippen molar-refractivity contribution in [3.8, 4) is 0 Å². The second-order valence-electron chi connectivity index (χ2n) is 3.27. The molecule has 0 fully saturated rings. The number of benzene rings is 1. The predicted molar refractivity (Wildman–Crippen MR) is 67.1 cm³/mol. The summed E-state index contributed by atoms with van der Waals surface area (Å²) in [6.07, 6.45) is 0. The smallest absolute Gasteiger partial charge is 0.332 e. The molecular weight excluding hydrogens is 263 g/mol. The molecule has 0 saturated heterocycles. The molecular formula is C11H12Cl2N2O2. The standard InChI is InChI=1S/C11H12Cl2N2O2/c1-3-17-11(16)7(2)14-15-10-5-8(12)4-9(13)6-10/h4-7H,3H2,1-2H3. The predicted octanol–water partition coefficient (Wildman–Crippen LogP) is 4.03. The largest absolute Gasteiger partial charge is 0.464 e. The van der Waals surface area contributed by atoms with Gasteiger partial charge in [-0.1, -0.05) is 23.2 Å². The summed E-state index contributed by atoms with van der Waals surface area (Å²) in [5, 5.41) is 8.65. The second kappa shape index (κ2) is 6.57. The van der Waals surface area contributed by atoms with Crippen molar-refractivity contribution in [2.24, 2.45) is 10.2 Å². The first-order valence-corrected chi connectivity index (χ1v) is 5.82. The normalized spacial score (nSPS) is 12.7. The lowest BCUT2D eigenvalue weighted by Gasteiger charge is -2.04. The van der Waals surface area contributed by atoms with Crippen LogP contribution in [0.1, 0.15) is 13.8 Å². The number of nitrogens with zero attached hydrogens (tertiary/aromatic N) is 2. The van der Waals surface area contributed by atoms with Crippen molar-refractivity contribution in [1.82, 2.24) is 0 Å². The van der Waals surface area contributed by atoms with Crippen molar-refractivity contribution in [2.75, 3.05) is 6.61 Å². The number of halogens is 2. The average Bonchev–Trinajstić information content (AvgIpc) is 2.25. The van der Waals surface area contributed by atoms with Crippen molar-refractivity contribution in [2.45, 2.75) is 19.9 Å². The van der Waals surface area contributed by atoms with Crippen LogP contribution < -0.4 is 0 Å². The zero-order valence-electron chi connectivity index (χ0n) is 9.48. The Morgan fingerprint density at radius 1 is 1.35 bits per heavy atom. The highest BCUT2D eigenvalue weighted by atomic mass is 35.5. The van der Waals surface area contributed by atoms with Crippen LogP contribution in [0.25, 0.3) is 0 Å². The van der Waals surface area contributed by atoms with Gasteiger partial charge in [-0.2, -0.15) is 10.2 Å². The van der Waals surface area contributed by atoms with Crippen LogP contribution in [-0.4, -0.2) is 18.6 Å². The Hall–Kier alpha value is -1.13. The van der Waals surface area contributed by atoms with Crippen LogP contribution >= 0.6 is 23.2 Å². The van der Waals surface area contributed by atoms with Gasteiger partial charge >= 0.3 is 5.97 Å². The Balaban J connectivity index is 2.73. The molecule has 0 saturated carbocycles. The number of ether oxygens (including phenoxy) is 1. The van der Waals surface area contributed by atoms with E-state index in [1.807, 2.05) is 0 Å². The number of hydrogen-bond acceptors (Lipinski definition) is 4. The van der Waals surface area contributed by atoms with Gasteiger partial charge in [-0.25, -0.2) is 4.79 Å². The SMILES string of the molecule is CCOC(=O)C(C)N=Nc1cc(Cl)cc(Cl)c1. The maximum atomic E-state index is 11.3. The fourth-order valence-corrected chi connectivity index (χ4v) is 1.57. The van der Waals surface area contributed by atoms with Crippen LogP contribution in [0.4, 0.5) is 5.69 Å². The van der Waals surface area contributed by atoms with E-state index in [0.717, 1.165) is 0 Å². The molecule has 1 rings (SSSR count). The molecule has 1 aromatic rings. The van der Waals surface area contributed by atoms with E-state index in [-0.39, 0.29) is 0 Å². The third kappa shape index (κ3) is 4.71. The van der Waals surface area contributed by atoms with Gasteiger partial charge < -0.3 is 4.74 Å². The number of esters is 1. The second-order valence-corrected chi connectivity index (χ2v) is 4.14. The summed E-state index contributed by atoms with van der Waals surface area (Å²) in [7, 11) is 0. The summed E-state index contributed by atoms with van der Waals surface area (Å²) >= 11 is 11.6. The van der Waals surface area contributed by atoms with Crippen molar-refractivity contribution in [3.05, 3.63) is 28.2 Å². The Labute approximate surface area is 110 Å². The Morgan fingerprint density at radius 3 is 2.47 bits per heavy atom. The van der Waals surface area contributed by atoms with Crippen molar-refractivity contribution < 1.29 is 9.53 Å². The molecule has 0 amide bonds. The van der Waals surface area contributed by atoms with Gasteiger partial charge in [-0.05, 0) is 32.0 Å². The summed E-state index contributed by atoms with van der Waals surface area (Å²) < 4.78 is 4.79. The molecule has 0 aliphatic heterocycles. The molecule has 0 N–H and O–H groups in total. The van der Waals surface area contributed by atoms with Gasteiger partial charge in [0, 0.05) is 10.0 Å². The fourth-order valence-electron chi connectivity index (χ4n) is 1.06. The van der Waals surface area contributed by atoms with Crippen LogP contribution in [0.15, 0.2) is 28.4 Å². The summed E-state index contributed by atoms with van der Waals surface area (Å²) in [6, 6.07) is 4.16. The lowest BCUT2D eigenvalue weighted by atomic mass is 10.3. The molecule has 6 heteroatoms. The number of azo groups is 1. The minimum absolute atomic E-state index is 0.321. The molecule has 0 bridgehead atoms. The molecule has 0 radical (unpaired) electrons. The highest BCUT2D eigenvalue weighted by molar-refractivity contribution is 6.35. The molecule has 17 heavy (non-hydrogen) atoms. The van der Waals surface area contributed by atoms with E-state index < -0.39 is 12.0 Å². The highest BCUT2D eigenvalue weighted by Gasteiger charge is 2.12. The fraction of sp³-hybridized carbons (Fsp3) is 0.364. The minimum atomic E-state index is -0.646.